The van der Waals surface area contributed by atoms with Gasteiger partial charge in [-0.25, -0.2) is 0 Å². The van der Waals surface area contributed by atoms with E-state index in [1.807, 2.05) is 35.7 Å². The molecule has 0 unspecified atom stereocenters. The maximum atomic E-state index is 5.12. The SMILES string of the molecule is C(#Cc1cccs1)/C=C\c1ccco1. The summed E-state index contributed by atoms with van der Waals surface area (Å²) in [5.41, 5.74) is 0. The van der Waals surface area contributed by atoms with Crippen molar-refractivity contribution in [2.45, 2.75) is 0 Å². The number of rotatable bonds is 1. The highest BCUT2D eigenvalue weighted by atomic mass is 32.1. The molecule has 1 nitrogen and oxygen atoms in total. The van der Waals surface area contributed by atoms with Crippen LogP contribution in [-0.2, 0) is 0 Å². The normalized spacial score (nSPS) is 10.0. The van der Waals surface area contributed by atoms with Crippen molar-refractivity contribution in [3.63, 3.8) is 0 Å². The molecule has 0 bridgehead atoms. The lowest BCUT2D eigenvalue weighted by molar-refractivity contribution is 0.557. The van der Waals surface area contributed by atoms with Crippen molar-refractivity contribution in [3.05, 3.63) is 52.6 Å². The highest BCUT2D eigenvalue weighted by molar-refractivity contribution is 7.10. The Balaban J connectivity index is 2.00. The highest BCUT2D eigenvalue weighted by Gasteiger charge is 1.84. The molecule has 0 aromatic carbocycles. The minimum absolute atomic E-state index is 0.825. The molecule has 0 N–H and O–H groups in total. The number of furan rings is 1. The van der Waals surface area contributed by atoms with Crippen LogP contribution in [0, 0.1) is 11.8 Å². The van der Waals surface area contributed by atoms with Gasteiger partial charge in [-0.05, 0) is 35.7 Å². The average molecular weight is 200 g/mol. The Hall–Kier alpha value is -1.72. The second-order valence-electron chi connectivity index (χ2n) is 2.60. The Kier molecular flexibility index (Phi) is 2.85. The summed E-state index contributed by atoms with van der Waals surface area (Å²) < 4.78 is 5.12. The fourth-order valence-electron chi connectivity index (χ4n) is 0.972. The molecular weight excluding hydrogens is 192 g/mol. The average Bonchev–Trinajstić information content (AvgIpc) is 2.86. The molecule has 2 heterocycles. The zero-order valence-electron chi connectivity index (χ0n) is 7.44. The number of thiophene rings is 1. The second kappa shape index (κ2) is 4.50. The Bertz CT molecular complexity index is 452. The largest absolute Gasteiger partial charge is 0.465 e. The lowest BCUT2D eigenvalue weighted by atomic mass is 10.4. The van der Waals surface area contributed by atoms with Crippen molar-refractivity contribution >= 4 is 17.4 Å². The van der Waals surface area contributed by atoms with Gasteiger partial charge in [0.25, 0.3) is 0 Å². The van der Waals surface area contributed by atoms with Gasteiger partial charge in [-0.3, -0.25) is 0 Å². The monoisotopic (exact) mass is 200 g/mol. The van der Waals surface area contributed by atoms with Gasteiger partial charge in [0.05, 0.1) is 11.1 Å². The van der Waals surface area contributed by atoms with Gasteiger partial charge in [0.1, 0.15) is 5.76 Å². The van der Waals surface area contributed by atoms with E-state index in [2.05, 4.69) is 11.8 Å². The Morgan fingerprint density at radius 2 is 2.29 bits per heavy atom. The number of hydrogen-bond acceptors (Lipinski definition) is 2. The third-order valence-corrected chi connectivity index (χ3v) is 2.38. The molecule has 2 aromatic rings. The van der Waals surface area contributed by atoms with Gasteiger partial charge in [0, 0.05) is 0 Å². The van der Waals surface area contributed by atoms with Gasteiger partial charge in [-0.15, -0.1) is 11.3 Å². The molecule has 2 rings (SSSR count). The zero-order chi connectivity index (χ0) is 9.64. The fraction of sp³-hybridized carbons (Fsp3) is 0. The molecular formula is C12H8OS. The summed E-state index contributed by atoms with van der Waals surface area (Å²) in [4.78, 5) is 1.08. The first-order valence-corrected chi connectivity index (χ1v) is 5.08. The van der Waals surface area contributed by atoms with Gasteiger partial charge < -0.3 is 4.42 Å². The topological polar surface area (TPSA) is 13.1 Å². The maximum absolute atomic E-state index is 5.12. The first-order chi connectivity index (χ1) is 6.95. The Labute approximate surface area is 86.7 Å². The van der Waals surface area contributed by atoms with Gasteiger partial charge in [0.15, 0.2) is 0 Å². The Morgan fingerprint density at radius 1 is 1.29 bits per heavy atom. The maximum Gasteiger partial charge on any atom is 0.127 e. The van der Waals surface area contributed by atoms with Crippen LogP contribution < -0.4 is 0 Å². The van der Waals surface area contributed by atoms with E-state index >= 15 is 0 Å². The van der Waals surface area contributed by atoms with Crippen LogP contribution in [0.2, 0.25) is 0 Å². The molecule has 0 aliphatic heterocycles. The lowest BCUT2D eigenvalue weighted by Crippen LogP contribution is -1.60. The smallest absolute Gasteiger partial charge is 0.127 e. The van der Waals surface area contributed by atoms with Crippen LogP contribution in [-0.4, -0.2) is 0 Å². The summed E-state index contributed by atoms with van der Waals surface area (Å²) in [6, 6.07) is 7.74. The minimum atomic E-state index is 0.825. The summed E-state index contributed by atoms with van der Waals surface area (Å²) in [6.07, 6.45) is 5.28. The molecule has 0 saturated carbocycles. The molecule has 0 aliphatic rings. The first-order valence-electron chi connectivity index (χ1n) is 4.20. The van der Waals surface area contributed by atoms with Gasteiger partial charge in [-0.1, -0.05) is 17.9 Å². The summed E-state index contributed by atoms with van der Waals surface area (Å²) in [7, 11) is 0. The number of hydrogen-bond donors (Lipinski definition) is 0. The van der Waals surface area contributed by atoms with Crippen molar-refractivity contribution in [1.82, 2.24) is 0 Å². The molecule has 14 heavy (non-hydrogen) atoms. The molecule has 0 fully saturated rings. The molecule has 0 atom stereocenters. The van der Waals surface area contributed by atoms with E-state index in [-0.39, 0.29) is 0 Å². The number of allylic oxidation sites excluding steroid dienone is 1. The molecule has 2 aromatic heterocycles. The van der Waals surface area contributed by atoms with Crippen molar-refractivity contribution in [2.75, 3.05) is 0 Å². The molecule has 2 heteroatoms. The zero-order valence-corrected chi connectivity index (χ0v) is 8.25. The summed E-state index contributed by atoms with van der Waals surface area (Å²) in [5.74, 6) is 6.80. The van der Waals surface area contributed by atoms with Crippen LogP contribution in [0.15, 0.2) is 46.4 Å². The second-order valence-corrected chi connectivity index (χ2v) is 3.54. The van der Waals surface area contributed by atoms with Crippen molar-refractivity contribution in [3.8, 4) is 11.8 Å². The quantitative estimate of drug-likeness (QED) is 0.643. The van der Waals surface area contributed by atoms with E-state index in [1.165, 1.54) is 0 Å². The van der Waals surface area contributed by atoms with Crippen molar-refractivity contribution in [2.24, 2.45) is 0 Å². The van der Waals surface area contributed by atoms with Crippen LogP contribution in [0.5, 0.6) is 0 Å². The predicted octanol–water partition coefficient (Wildman–Crippen LogP) is 3.41. The Morgan fingerprint density at radius 3 is 3.00 bits per heavy atom. The highest BCUT2D eigenvalue weighted by Crippen LogP contribution is 2.05. The lowest BCUT2D eigenvalue weighted by Gasteiger charge is -1.77. The molecule has 0 amide bonds. The van der Waals surface area contributed by atoms with E-state index in [9.17, 15) is 0 Å². The molecule has 68 valence electrons. The molecule has 0 radical (unpaired) electrons. The summed E-state index contributed by atoms with van der Waals surface area (Å²) in [6.45, 7) is 0. The van der Waals surface area contributed by atoms with Crippen LogP contribution in [0.4, 0.5) is 0 Å². The fourth-order valence-corrected chi connectivity index (χ4v) is 1.55. The molecule has 0 spiro atoms. The minimum Gasteiger partial charge on any atom is -0.465 e. The van der Waals surface area contributed by atoms with E-state index in [1.54, 1.807) is 23.7 Å². The first kappa shape index (κ1) is 8.86. The molecule has 0 aliphatic carbocycles. The van der Waals surface area contributed by atoms with Gasteiger partial charge in [-0.2, -0.15) is 0 Å². The summed E-state index contributed by atoms with van der Waals surface area (Å²) >= 11 is 1.64. The van der Waals surface area contributed by atoms with Gasteiger partial charge >= 0.3 is 0 Å². The predicted molar refractivity (Wildman–Crippen MR) is 58.9 cm³/mol. The van der Waals surface area contributed by atoms with Crippen LogP contribution >= 0.6 is 11.3 Å². The third-order valence-electron chi connectivity index (χ3n) is 1.59. The van der Waals surface area contributed by atoms with E-state index in [0.717, 1.165) is 10.6 Å². The summed E-state index contributed by atoms with van der Waals surface area (Å²) in [5, 5.41) is 2.01. The van der Waals surface area contributed by atoms with Crippen LogP contribution in [0.3, 0.4) is 0 Å². The van der Waals surface area contributed by atoms with Crippen molar-refractivity contribution in [1.29, 1.82) is 0 Å². The standard InChI is InChI=1S/C12H8OS/c1(5-11-6-3-9-13-11)2-7-12-8-4-10-14-12/h1,3-6,8-10H/b5-1-. The molecule has 0 saturated heterocycles. The van der Waals surface area contributed by atoms with Crippen molar-refractivity contribution < 1.29 is 4.42 Å². The van der Waals surface area contributed by atoms with Crippen LogP contribution in [0.25, 0.3) is 6.08 Å². The van der Waals surface area contributed by atoms with E-state index in [0.29, 0.717) is 0 Å². The van der Waals surface area contributed by atoms with Gasteiger partial charge in [0.2, 0.25) is 0 Å². The third kappa shape index (κ3) is 2.38. The van der Waals surface area contributed by atoms with E-state index in [4.69, 9.17) is 4.42 Å². The van der Waals surface area contributed by atoms with Crippen LogP contribution in [0.1, 0.15) is 10.6 Å². The van der Waals surface area contributed by atoms with E-state index < -0.39 is 0 Å².